The van der Waals surface area contributed by atoms with E-state index in [1.54, 1.807) is 18.2 Å². The summed E-state index contributed by atoms with van der Waals surface area (Å²) in [5, 5.41) is 9.14. The fourth-order valence-corrected chi connectivity index (χ4v) is 7.85. The summed E-state index contributed by atoms with van der Waals surface area (Å²) < 4.78 is 48.7. The van der Waals surface area contributed by atoms with Crippen LogP contribution in [-0.4, -0.2) is 15.0 Å². The SMILES string of the molecule is [2H]c1c([2H])c([2H])c(-c2cccc(-c3nc(-c4ccccc4)nc(-c4cccc5c4oc4c(-c6ccc7c8ccccc8c8ccccc8c7c6)cccc45)n3)c2)c([2H])c1[2H]. The molecule has 0 atom stereocenters. The number of benzene rings is 9. The van der Waals surface area contributed by atoms with Crippen molar-refractivity contribution in [1.29, 1.82) is 0 Å². The molecule has 4 nitrogen and oxygen atoms in total. The first-order valence-electron chi connectivity index (χ1n) is 20.6. The molecule has 0 unspecified atom stereocenters. The van der Waals surface area contributed by atoms with Crippen LogP contribution in [0.15, 0.2) is 192 Å². The molecular formula is C51H31N3O. The monoisotopic (exact) mass is 706 g/mol. The highest BCUT2D eigenvalue weighted by molar-refractivity contribution is 6.26. The van der Waals surface area contributed by atoms with E-state index in [-0.39, 0.29) is 17.6 Å². The molecule has 0 saturated heterocycles. The lowest BCUT2D eigenvalue weighted by Crippen LogP contribution is -2.00. The molecule has 0 spiro atoms. The minimum Gasteiger partial charge on any atom is -0.455 e. The number of furan rings is 1. The van der Waals surface area contributed by atoms with E-state index in [2.05, 4.69) is 91.0 Å². The van der Waals surface area contributed by atoms with Crippen LogP contribution in [0.4, 0.5) is 0 Å². The second-order valence-electron chi connectivity index (χ2n) is 13.6. The van der Waals surface area contributed by atoms with Crippen molar-refractivity contribution in [3.63, 3.8) is 0 Å². The Morgan fingerprint density at radius 3 is 1.55 bits per heavy atom. The van der Waals surface area contributed by atoms with Gasteiger partial charge in [-0.15, -0.1) is 0 Å². The van der Waals surface area contributed by atoms with Crippen molar-refractivity contribution >= 4 is 54.3 Å². The lowest BCUT2D eigenvalue weighted by atomic mass is 9.92. The molecule has 256 valence electrons. The summed E-state index contributed by atoms with van der Waals surface area (Å²) in [5.74, 6) is 1.22. The van der Waals surface area contributed by atoms with Crippen molar-refractivity contribution in [1.82, 2.24) is 15.0 Å². The molecular weight excluding hydrogens is 671 g/mol. The average molecular weight is 707 g/mol. The quantitative estimate of drug-likeness (QED) is 0.167. The summed E-state index contributed by atoms with van der Waals surface area (Å²) in [5.41, 5.74) is 6.05. The minimum absolute atomic E-state index is 0.108. The first kappa shape index (κ1) is 26.4. The predicted molar refractivity (Wildman–Crippen MR) is 227 cm³/mol. The van der Waals surface area contributed by atoms with Crippen LogP contribution in [0, 0.1) is 0 Å². The molecule has 2 aromatic heterocycles. The zero-order valence-corrected chi connectivity index (χ0v) is 29.3. The number of aromatic nitrogens is 3. The molecule has 0 aliphatic carbocycles. The van der Waals surface area contributed by atoms with Gasteiger partial charge in [0, 0.05) is 27.5 Å². The summed E-state index contributed by atoms with van der Waals surface area (Å²) >= 11 is 0. The molecule has 4 heteroatoms. The maximum Gasteiger partial charge on any atom is 0.167 e. The van der Waals surface area contributed by atoms with Crippen LogP contribution >= 0.6 is 0 Å². The molecule has 0 fully saturated rings. The largest absolute Gasteiger partial charge is 0.455 e. The number of hydrogen-bond donors (Lipinski definition) is 0. The van der Waals surface area contributed by atoms with Gasteiger partial charge in [-0.1, -0.05) is 170 Å². The van der Waals surface area contributed by atoms with Gasteiger partial charge in [-0.05, 0) is 67.2 Å². The van der Waals surface area contributed by atoms with Gasteiger partial charge in [0.2, 0.25) is 0 Å². The molecule has 0 saturated carbocycles. The Morgan fingerprint density at radius 1 is 0.327 bits per heavy atom. The van der Waals surface area contributed by atoms with Crippen molar-refractivity contribution in [2.75, 3.05) is 0 Å². The zero-order valence-electron chi connectivity index (χ0n) is 34.3. The summed E-state index contributed by atoms with van der Waals surface area (Å²) in [6.45, 7) is 0. The van der Waals surface area contributed by atoms with E-state index in [0.29, 0.717) is 39.7 Å². The molecule has 55 heavy (non-hydrogen) atoms. The van der Waals surface area contributed by atoms with Gasteiger partial charge >= 0.3 is 0 Å². The van der Waals surface area contributed by atoms with E-state index in [1.165, 1.54) is 32.3 Å². The van der Waals surface area contributed by atoms with Gasteiger partial charge in [-0.25, -0.2) is 15.0 Å². The lowest BCUT2D eigenvalue weighted by molar-refractivity contribution is 0.670. The topological polar surface area (TPSA) is 51.8 Å². The summed E-state index contributed by atoms with van der Waals surface area (Å²) in [6.07, 6.45) is 0. The molecule has 2 heterocycles. The lowest BCUT2D eigenvalue weighted by Gasteiger charge is -2.12. The maximum absolute atomic E-state index is 8.61. The first-order chi connectivity index (χ1) is 29.3. The Morgan fingerprint density at radius 2 is 0.836 bits per heavy atom. The van der Waals surface area contributed by atoms with Gasteiger partial charge in [-0.3, -0.25) is 0 Å². The van der Waals surface area contributed by atoms with E-state index in [0.717, 1.165) is 33.0 Å². The van der Waals surface area contributed by atoms with Crippen LogP contribution in [0.2, 0.25) is 0 Å². The molecule has 0 radical (unpaired) electrons. The smallest absolute Gasteiger partial charge is 0.167 e. The van der Waals surface area contributed by atoms with E-state index < -0.39 is 18.1 Å². The minimum atomic E-state index is -0.439. The molecule has 0 aliphatic heterocycles. The molecule has 0 N–H and O–H groups in total. The van der Waals surface area contributed by atoms with Gasteiger partial charge in [0.15, 0.2) is 17.5 Å². The predicted octanol–water partition coefficient (Wildman–Crippen LogP) is 13.6. The Kier molecular flexibility index (Phi) is 6.04. The highest BCUT2D eigenvalue weighted by Gasteiger charge is 2.20. The van der Waals surface area contributed by atoms with Gasteiger partial charge in [0.25, 0.3) is 0 Å². The van der Waals surface area contributed by atoms with E-state index in [4.69, 9.17) is 26.2 Å². The standard InChI is InChI=1S/C51H31N3O/c1-3-14-32(15-4-1)34-18-11-19-36(30-34)50-52-49(33-16-5-2-6-17-33)53-51(54-50)45-27-13-26-44-43-25-12-24-37(47(43)55-48(44)45)35-28-29-42-40-22-8-7-20-38(40)39-21-9-10-23-41(39)46(42)31-35/h1-31H/i1D,3D,4D,14D,15D. The van der Waals surface area contributed by atoms with Crippen molar-refractivity contribution in [2.24, 2.45) is 0 Å². The van der Waals surface area contributed by atoms with Crippen molar-refractivity contribution < 1.29 is 11.3 Å². The van der Waals surface area contributed by atoms with Crippen LogP contribution in [-0.2, 0) is 0 Å². The third kappa shape index (κ3) is 5.19. The van der Waals surface area contributed by atoms with E-state index in [9.17, 15) is 0 Å². The molecule has 9 aromatic carbocycles. The second kappa shape index (κ2) is 12.6. The zero-order chi connectivity index (χ0) is 40.6. The summed E-state index contributed by atoms with van der Waals surface area (Å²) in [4.78, 5) is 15.0. The molecule has 0 bridgehead atoms. The van der Waals surface area contributed by atoms with Crippen molar-refractivity contribution in [3.8, 4) is 56.4 Å². The van der Waals surface area contributed by atoms with E-state index >= 15 is 0 Å². The number of hydrogen-bond acceptors (Lipinski definition) is 4. The molecule has 0 amide bonds. The summed E-state index contributed by atoms with van der Waals surface area (Å²) in [6, 6.07) is 51.1. The molecule has 11 rings (SSSR count). The van der Waals surface area contributed by atoms with Gasteiger partial charge in [0.05, 0.1) is 12.4 Å². The Labute approximate surface area is 324 Å². The summed E-state index contributed by atoms with van der Waals surface area (Å²) in [7, 11) is 0. The average Bonchev–Trinajstić information content (AvgIpc) is 3.70. The Bertz CT molecular complexity index is 3500. The van der Waals surface area contributed by atoms with Crippen molar-refractivity contribution in [3.05, 3.63) is 188 Å². The van der Waals surface area contributed by atoms with Crippen LogP contribution in [0.5, 0.6) is 0 Å². The first-order valence-corrected chi connectivity index (χ1v) is 18.1. The van der Waals surface area contributed by atoms with Crippen LogP contribution in [0.1, 0.15) is 6.85 Å². The fourth-order valence-electron chi connectivity index (χ4n) is 7.85. The maximum atomic E-state index is 8.61. The highest BCUT2D eigenvalue weighted by atomic mass is 16.3. The number of fused-ring (bicyclic) bond motifs is 9. The second-order valence-corrected chi connectivity index (χ2v) is 13.6. The van der Waals surface area contributed by atoms with Gasteiger partial charge in [-0.2, -0.15) is 0 Å². The van der Waals surface area contributed by atoms with Crippen molar-refractivity contribution in [2.45, 2.75) is 0 Å². The third-order valence-electron chi connectivity index (χ3n) is 10.4. The third-order valence-corrected chi connectivity index (χ3v) is 10.4. The normalized spacial score (nSPS) is 12.9. The van der Waals surface area contributed by atoms with Gasteiger partial charge < -0.3 is 4.42 Å². The van der Waals surface area contributed by atoms with Crippen LogP contribution in [0.25, 0.3) is 111 Å². The van der Waals surface area contributed by atoms with Crippen LogP contribution in [0.3, 0.4) is 0 Å². The highest BCUT2D eigenvalue weighted by Crippen LogP contribution is 2.42. The Balaban J connectivity index is 1.10. The molecule has 11 aromatic rings. The number of rotatable bonds is 5. The van der Waals surface area contributed by atoms with Gasteiger partial charge in [0.1, 0.15) is 11.2 Å². The number of nitrogens with zero attached hydrogens (tertiary/aromatic N) is 3. The Hall–Kier alpha value is -7.43. The fraction of sp³-hybridized carbons (Fsp3) is 0. The van der Waals surface area contributed by atoms with Crippen LogP contribution < -0.4 is 0 Å². The number of para-hydroxylation sites is 2. The molecule has 0 aliphatic rings. The van der Waals surface area contributed by atoms with E-state index in [1.807, 2.05) is 48.5 Å².